The Bertz CT molecular complexity index is 1200. The lowest BCUT2D eigenvalue weighted by atomic mass is 9.95. The van der Waals surface area contributed by atoms with Crippen LogP contribution in [0, 0.1) is 10.1 Å². The van der Waals surface area contributed by atoms with Crippen molar-refractivity contribution in [2.75, 3.05) is 0 Å². The van der Waals surface area contributed by atoms with E-state index >= 15 is 0 Å². The highest BCUT2D eigenvalue weighted by Crippen LogP contribution is 2.40. The fourth-order valence-electron chi connectivity index (χ4n) is 3.53. The Kier molecular flexibility index (Phi) is 5.31. The van der Waals surface area contributed by atoms with Crippen LogP contribution < -0.4 is 0 Å². The molecule has 4 rings (SSSR count). The topological polar surface area (TPSA) is 114 Å². The largest absolute Gasteiger partial charge is 0.507 e. The van der Waals surface area contributed by atoms with E-state index in [4.69, 9.17) is 16.0 Å². The van der Waals surface area contributed by atoms with Gasteiger partial charge in [-0.05, 0) is 29.8 Å². The molecule has 1 aliphatic heterocycles. The number of hydrogen-bond acceptors (Lipinski definition) is 6. The molecule has 1 atom stereocenters. The van der Waals surface area contributed by atoms with Gasteiger partial charge in [0.05, 0.1) is 29.3 Å². The lowest BCUT2D eigenvalue weighted by molar-refractivity contribution is -0.384. The summed E-state index contributed by atoms with van der Waals surface area (Å²) in [6, 6.07) is 14.1. The second-order valence-corrected chi connectivity index (χ2v) is 7.30. The summed E-state index contributed by atoms with van der Waals surface area (Å²) in [4.78, 5) is 37.6. The van der Waals surface area contributed by atoms with E-state index in [2.05, 4.69) is 0 Å². The second-order valence-electron chi connectivity index (χ2n) is 6.87. The lowest BCUT2D eigenvalue weighted by Gasteiger charge is -2.24. The van der Waals surface area contributed by atoms with Crippen molar-refractivity contribution >= 4 is 34.7 Å². The number of furan rings is 1. The minimum Gasteiger partial charge on any atom is -0.507 e. The van der Waals surface area contributed by atoms with Crippen molar-refractivity contribution in [3.8, 4) is 0 Å². The Morgan fingerprint density at radius 3 is 2.52 bits per heavy atom. The number of aliphatic hydroxyl groups excluding tert-OH is 1. The molecule has 1 unspecified atom stereocenters. The molecule has 3 aromatic rings. The highest BCUT2D eigenvalue weighted by atomic mass is 35.5. The SMILES string of the molecule is O=C1C(=O)N(Cc2ccco2)C(c2ccc(Cl)cc2)/C1=C(\O)c1cccc([N+](=O)[O-])c1. The molecule has 0 aliphatic carbocycles. The van der Waals surface area contributed by atoms with Crippen molar-refractivity contribution in [1.29, 1.82) is 0 Å². The van der Waals surface area contributed by atoms with Crippen LogP contribution in [-0.4, -0.2) is 26.6 Å². The normalized spacial score (nSPS) is 17.8. The van der Waals surface area contributed by atoms with Gasteiger partial charge in [-0.2, -0.15) is 0 Å². The number of benzene rings is 2. The van der Waals surface area contributed by atoms with Crippen molar-refractivity contribution in [3.63, 3.8) is 0 Å². The highest BCUT2D eigenvalue weighted by molar-refractivity contribution is 6.46. The van der Waals surface area contributed by atoms with Crippen molar-refractivity contribution in [2.24, 2.45) is 0 Å². The molecule has 31 heavy (non-hydrogen) atoms. The first-order chi connectivity index (χ1) is 14.9. The standard InChI is InChI=1S/C22H15ClN2O6/c23-15-8-6-13(7-9-15)19-18(20(26)14-3-1-4-16(11-14)25(29)30)21(27)22(28)24(19)12-17-5-2-10-31-17/h1-11,19,26H,12H2/b20-18+. The molecule has 1 saturated heterocycles. The van der Waals surface area contributed by atoms with Crippen LogP contribution in [0.3, 0.4) is 0 Å². The molecule has 1 aliphatic rings. The number of carbonyl (C=O) groups excluding carboxylic acids is 2. The van der Waals surface area contributed by atoms with Gasteiger partial charge in [-0.15, -0.1) is 0 Å². The number of aliphatic hydroxyl groups is 1. The van der Waals surface area contributed by atoms with Crippen LogP contribution in [0.4, 0.5) is 5.69 Å². The number of carbonyl (C=O) groups is 2. The summed E-state index contributed by atoms with van der Waals surface area (Å²) in [5.41, 5.74) is 0.183. The third-order valence-electron chi connectivity index (χ3n) is 4.96. The van der Waals surface area contributed by atoms with Crippen LogP contribution in [0.2, 0.25) is 5.02 Å². The average molecular weight is 439 g/mol. The number of non-ortho nitro benzene ring substituents is 1. The summed E-state index contributed by atoms with van der Waals surface area (Å²) in [7, 11) is 0. The Balaban J connectivity index is 1.87. The summed E-state index contributed by atoms with van der Waals surface area (Å²) in [5, 5.41) is 22.5. The fourth-order valence-corrected chi connectivity index (χ4v) is 3.65. The molecule has 8 nitrogen and oxygen atoms in total. The number of rotatable bonds is 5. The zero-order chi connectivity index (χ0) is 22.1. The number of halogens is 1. The van der Waals surface area contributed by atoms with Crippen molar-refractivity contribution in [1.82, 2.24) is 4.90 Å². The minimum atomic E-state index is -0.929. The Hall–Kier alpha value is -3.91. The molecule has 0 spiro atoms. The first-order valence-corrected chi connectivity index (χ1v) is 9.55. The monoisotopic (exact) mass is 438 g/mol. The molecule has 156 valence electrons. The zero-order valence-electron chi connectivity index (χ0n) is 15.9. The number of amides is 1. The van der Waals surface area contributed by atoms with E-state index in [0.29, 0.717) is 16.3 Å². The number of hydrogen-bond donors (Lipinski definition) is 1. The molecule has 9 heteroatoms. The maximum absolute atomic E-state index is 12.9. The summed E-state index contributed by atoms with van der Waals surface area (Å²) in [5.74, 6) is -1.75. The van der Waals surface area contributed by atoms with Gasteiger partial charge in [0.2, 0.25) is 0 Å². The summed E-state index contributed by atoms with van der Waals surface area (Å²) < 4.78 is 5.32. The van der Waals surface area contributed by atoms with Crippen molar-refractivity contribution < 1.29 is 24.0 Å². The zero-order valence-corrected chi connectivity index (χ0v) is 16.7. The van der Waals surface area contributed by atoms with Crippen LogP contribution in [0.25, 0.3) is 5.76 Å². The Morgan fingerprint density at radius 2 is 1.87 bits per heavy atom. The van der Waals surface area contributed by atoms with Gasteiger partial charge >= 0.3 is 0 Å². The van der Waals surface area contributed by atoms with Crippen LogP contribution in [0.5, 0.6) is 0 Å². The first kappa shape index (κ1) is 20.4. The third kappa shape index (κ3) is 3.80. The number of ketones is 1. The van der Waals surface area contributed by atoms with E-state index in [0.717, 1.165) is 6.07 Å². The molecular formula is C22H15ClN2O6. The molecule has 1 N–H and O–H groups in total. The molecule has 2 aromatic carbocycles. The van der Waals surface area contributed by atoms with Crippen LogP contribution in [0.1, 0.15) is 22.9 Å². The molecule has 1 amide bonds. The van der Waals surface area contributed by atoms with Crippen LogP contribution in [-0.2, 0) is 16.1 Å². The minimum absolute atomic E-state index is 0.00339. The lowest BCUT2D eigenvalue weighted by Crippen LogP contribution is -2.29. The number of nitrogens with zero attached hydrogens (tertiary/aromatic N) is 2. The smallest absolute Gasteiger partial charge is 0.296 e. The Morgan fingerprint density at radius 1 is 1.13 bits per heavy atom. The third-order valence-corrected chi connectivity index (χ3v) is 5.21. The predicted octanol–water partition coefficient (Wildman–Crippen LogP) is 4.46. The Labute approximate surface area is 181 Å². The molecule has 1 aromatic heterocycles. The van der Waals surface area contributed by atoms with Gasteiger partial charge in [-0.3, -0.25) is 19.7 Å². The van der Waals surface area contributed by atoms with Gasteiger partial charge in [-0.25, -0.2) is 0 Å². The van der Waals surface area contributed by atoms with Crippen molar-refractivity contribution in [3.05, 3.63) is 105 Å². The van der Waals surface area contributed by atoms with E-state index in [1.165, 1.54) is 29.4 Å². The summed E-state index contributed by atoms with van der Waals surface area (Å²) >= 11 is 5.98. The molecule has 1 fully saturated rings. The number of Topliss-reactive ketones (excluding diaryl/α,β-unsaturated/α-hetero) is 1. The number of likely N-dealkylation sites (tertiary alicyclic amines) is 1. The van der Waals surface area contributed by atoms with Gasteiger partial charge in [0.25, 0.3) is 17.4 Å². The molecule has 0 radical (unpaired) electrons. The predicted molar refractivity (Wildman–Crippen MR) is 111 cm³/mol. The number of nitro groups is 1. The van der Waals surface area contributed by atoms with Crippen LogP contribution >= 0.6 is 11.6 Å². The summed E-state index contributed by atoms with van der Waals surface area (Å²) in [6.45, 7) is -0.00339. The second kappa shape index (κ2) is 8.08. The molecule has 0 saturated carbocycles. The van der Waals surface area contributed by atoms with Gasteiger partial charge in [0.1, 0.15) is 11.5 Å². The summed E-state index contributed by atoms with van der Waals surface area (Å²) in [6.07, 6.45) is 1.45. The highest BCUT2D eigenvalue weighted by Gasteiger charge is 2.46. The molecule has 2 heterocycles. The van der Waals surface area contributed by atoms with E-state index in [9.17, 15) is 24.8 Å². The van der Waals surface area contributed by atoms with E-state index in [1.54, 1.807) is 36.4 Å². The van der Waals surface area contributed by atoms with Crippen LogP contribution in [0.15, 0.2) is 76.9 Å². The van der Waals surface area contributed by atoms with Gasteiger partial charge < -0.3 is 14.4 Å². The maximum atomic E-state index is 12.9. The number of nitro benzene ring substituents is 1. The van der Waals surface area contributed by atoms with Gasteiger partial charge in [0.15, 0.2) is 0 Å². The molecule has 0 bridgehead atoms. The van der Waals surface area contributed by atoms with E-state index < -0.39 is 28.4 Å². The maximum Gasteiger partial charge on any atom is 0.296 e. The van der Waals surface area contributed by atoms with E-state index in [1.807, 2.05) is 0 Å². The van der Waals surface area contributed by atoms with Crippen molar-refractivity contribution in [2.45, 2.75) is 12.6 Å². The first-order valence-electron chi connectivity index (χ1n) is 9.18. The van der Waals surface area contributed by atoms with Gasteiger partial charge in [0, 0.05) is 22.7 Å². The average Bonchev–Trinajstić information content (AvgIpc) is 3.36. The molecular weight excluding hydrogens is 424 g/mol. The quantitative estimate of drug-likeness (QED) is 0.207. The fraction of sp³-hybridized carbons (Fsp3) is 0.0909. The van der Waals surface area contributed by atoms with E-state index in [-0.39, 0.29) is 23.4 Å². The van der Waals surface area contributed by atoms with Gasteiger partial charge in [-0.1, -0.05) is 35.9 Å².